The number of nitrogens with one attached hydrogen (secondary N) is 1. The van der Waals surface area contributed by atoms with Crippen LogP contribution in [0.5, 0.6) is 0 Å². The van der Waals surface area contributed by atoms with E-state index >= 15 is 0 Å². The van der Waals surface area contributed by atoms with Gasteiger partial charge in [0.05, 0.1) is 5.56 Å². The standard InChI is InChI=1S/C10H11N3O/c1-7-9(11-2)12-8-5-3-4-6-13(8)10(7)14/h3-6,11H,1-2H3. The number of aromatic nitrogens is 2. The lowest BCUT2D eigenvalue weighted by atomic mass is 10.3. The van der Waals surface area contributed by atoms with Gasteiger partial charge in [0, 0.05) is 13.2 Å². The summed E-state index contributed by atoms with van der Waals surface area (Å²) in [6, 6.07) is 5.48. The molecule has 2 rings (SSSR count). The maximum atomic E-state index is 11.8. The molecule has 0 atom stereocenters. The van der Waals surface area contributed by atoms with Gasteiger partial charge in [0.2, 0.25) is 0 Å². The molecular formula is C10H11N3O. The molecule has 1 N–H and O–H groups in total. The maximum Gasteiger partial charge on any atom is 0.262 e. The molecule has 14 heavy (non-hydrogen) atoms. The summed E-state index contributed by atoms with van der Waals surface area (Å²) in [6.45, 7) is 1.76. The zero-order valence-corrected chi connectivity index (χ0v) is 8.11. The van der Waals surface area contributed by atoms with Crippen molar-refractivity contribution in [2.75, 3.05) is 12.4 Å². The zero-order chi connectivity index (χ0) is 10.1. The third-order valence-electron chi connectivity index (χ3n) is 2.20. The molecule has 2 aromatic heterocycles. The van der Waals surface area contributed by atoms with Crippen molar-refractivity contribution >= 4 is 11.5 Å². The zero-order valence-electron chi connectivity index (χ0n) is 8.11. The number of nitrogens with zero attached hydrogens (tertiary/aromatic N) is 2. The van der Waals surface area contributed by atoms with Crippen LogP contribution in [0, 0.1) is 6.92 Å². The summed E-state index contributed by atoms with van der Waals surface area (Å²) < 4.78 is 1.54. The van der Waals surface area contributed by atoms with Crippen molar-refractivity contribution in [3.63, 3.8) is 0 Å². The second-order valence-corrected chi connectivity index (χ2v) is 3.07. The summed E-state index contributed by atoms with van der Waals surface area (Å²) in [7, 11) is 1.76. The topological polar surface area (TPSA) is 46.4 Å². The molecule has 2 aromatic rings. The van der Waals surface area contributed by atoms with Crippen LogP contribution in [0.25, 0.3) is 5.65 Å². The first-order valence-corrected chi connectivity index (χ1v) is 4.40. The lowest BCUT2D eigenvalue weighted by Crippen LogP contribution is -2.19. The second-order valence-electron chi connectivity index (χ2n) is 3.07. The van der Waals surface area contributed by atoms with Crippen LogP contribution in [-0.2, 0) is 0 Å². The van der Waals surface area contributed by atoms with Crippen LogP contribution < -0.4 is 10.9 Å². The Balaban J connectivity index is 2.92. The van der Waals surface area contributed by atoms with E-state index in [4.69, 9.17) is 0 Å². The van der Waals surface area contributed by atoms with Crippen molar-refractivity contribution in [2.45, 2.75) is 6.92 Å². The summed E-state index contributed by atoms with van der Waals surface area (Å²) in [4.78, 5) is 16.1. The highest BCUT2D eigenvalue weighted by atomic mass is 16.1. The molecule has 4 heteroatoms. The molecule has 72 valence electrons. The van der Waals surface area contributed by atoms with Gasteiger partial charge in [-0.3, -0.25) is 9.20 Å². The van der Waals surface area contributed by atoms with Crippen LogP contribution in [0.2, 0.25) is 0 Å². The van der Waals surface area contributed by atoms with Crippen molar-refractivity contribution in [3.05, 3.63) is 40.3 Å². The Morgan fingerprint density at radius 3 is 2.93 bits per heavy atom. The number of hydrogen-bond donors (Lipinski definition) is 1. The fourth-order valence-corrected chi connectivity index (χ4v) is 1.42. The number of pyridine rings is 1. The lowest BCUT2D eigenvalue weighted by Gasteiger charge is -2.05. The van der Waals surface area contributed by atoms with Crippen LogP contribution in [0.15, 0.2) is 29.2 Å². The number of hydrogen-bond acceptors (Lipinski definition) is 3. The minimum Gasteiger partial charge on any atom is -0.373 e. The number of rotatable bonds is 1. The average Bonchev–Trinajstić information content (AvgIpc) is 2.23. The molecule has 0 saturated heterocycles. The molecule has 0 aliphatic carbocycles. The van der Waals surface area contributed by atoms with E-state index in [1.807, 2.05) is 18.2 Å². The normalized spacial score (nSPS) is 10.4. The van der Waals surface area contributed by atoms with Crippen LogP contribution in [0.1, 0.15) is 5.56 Å². The molecular weight excluding hydrogens is 178 g/mol. The summed E-state index contributed by atoms with van der Waals surface area (Å²) in [5, 5.41) is 2.90. The first kappa shape index (κ1) is 8.74. The van der Waals surface area contributed by atoms with Crippen molar-refractivity contribution in [1.82, 2.24) is 9.38 Å². The van der Waals surface area contributed by atoms with Gasteiger partial charge in [0.15, 0.2) is 0 Å². The molecule has 0 amide bonds. The Morgan fingerprint density at radius 1 is 1.43 bits per heavy atom. The van der Waals surface area contributed by atoms with E-state index in [2.05, 4.69) is 10.3 Å². The Bertz CT molecular complexity index is 530. The van der Waals surface area contributed by atoms with E-state index in [0.29, 0.717) is 17.0 Å². The fourth-order valence-electron chi connectivity index (χ4n) is 1.42. The minimum absolute atomic E-state index is 0.0278. The van der Waals surface area contributed by atoms with Gasteiger partial charge in [0.25, 0.3) is 5.56 Å². The molecule has 0 aliphatic rings. The largest absolute Gasteiger partial charge is 0.373 e. The van der Waals surface area contributed by atoms with Crippen molar-refractivity contribution in [2.24, 2.45) is 0 Å². The van der Waals surface area contributed by atoms with Crippen LogP contribution in [0.3, 0.4) is 0 Å². The third-order valence-corrected chi connectivity index (χ3v) is 2.20. The molecule has 0 fully saturated rings. The number of anilines is 1. The first-order chi connectivity index (χ1) is 6.74. The summed E-state index contributed by atoms with van der Waals surface area (Å²) in [5.74, 6) is 0.640. The van der Waals surface area contributed by atoms with Gasteiger partial charge in [-0.25, -0.2) is 4.98 Å². The molecule has 0 spiro atoms. The first-order valence-electron chi connectivity index (χ1n) is 4.40. The molecule has 0 unspecified atom stereocenters. The summed E-state index contributed by atoms with van der Waals surface area (Å²) >= 11 is 0. The van der Waals surface area contributed by atoms with E-state index in [9.17, 15) is 4.79 Å². The fraction of sp³-hybridized carbons (Fsp3) is 0.200. The van der Waals surface area contributed by atoms with Gasteiger partial charge in [0.1, 0.15) is 11.5 Å². The Labute approximate surface area is 81.2 Å². The second kappa shape index (κ2) is 3.14. The minimum atomic E-state index is -0.0278. The van der Waals surface area contributed by atoms with Crippen molar-refractivity contribution in [1.29, 1.82) is 0 Å². The molecule has 0 radical (unpaired) electrons. The van der Waals surface area contributed by atoms with Crippen molar-refractivity contribution in [3.8, 4) is 0 Å². The SMILES string of the molecule is CNc1nc2ccccn2c(=O)c1C. The highest BCUT2D eigenvalue weighted by Gasteiger charge is 2.05. The van der Waals surface area contributed by atoms with Crippen LogP contribution in [-0.4, -0.2) is 16.4 Å². The quantitative estimate of drug-likeness (QED) is 0.729. The van der Waals surface area contributed by atoms with E-state index in [0.717, 1.165) is 0 Å². The Kier molecular flexibility index (Phi) is 1.96. The maximum absolute atomic E-state index is 11.8. The van der Waals surface area contributed by atoms with E-state index in [-0.39, 0.29) is 5.56 Å². The molecule has 4 nitrogen and oxygen atoms in total. The summed E-state index contributed by atoms with van der Waals surface area (Å²) in [5.41, 5.74) is 1.27. The van der Waals surface area contributed by atoms with Gasteiger partial charge in [-0.1, -0.05) is 6.07 Å². The van der Waals surface area contributed by atoms with Gasteiger partial charge >= 0.3 is 0 Å². The molecule has 0 bridgehead atoms. The predicted octanol–water partition coefficient (Wildman–Crippen LogP) is 1.04. The van der Waals surface area contributed by atoms with Gasteiger partial charge in [-0.05, 0) is 19.1 Å². The lowest BCUT2D eigenvalue weighted by molar-refractivity contribution is 1.02. The van der Waals surface area contributed by atoms with Crippen molar-refractivity contribution < 1.29 is 0 Å². The highest BCUT2D eigenvalue weighted by Crippen LogP contribution is 2.07. The third kappa shape index (κ3) is 1.16. The van der Waals surface area contributed by atoms with Crippen LogP contribution >= 0.6 is 0 Å². The van der Waals surface area contributed by atoms with E-state index in [1.165, 1.54) is 4.40 Å². The highest BCUT2D eigenvalue weighted by molar-refractivity contribution is 5.50. The molecule has 0 saturated carbocycles. The smallest absolute Gasteiger partial charge is 0.262 e. The summed E-state index contributed by atoms with van der Waals surface area (Å²) in [6.07, 6.45) is 1.72. The molecule has 2 heterocycles. The average molecular weight is 189 g/mol. The van der Waals surface area contributed by atoms with Gasteiger partial charge in [-0.15, -0.1) is 0 Å². The monoisotopic (exact) mass is 189 g/mol. The van der Waals surface area contributed by atoms with Gasteiger partial charge in [-0.2, -0.15) is 0 Å². The van der Waals surface area contributed by atoms with Gasteiger partial charge < -0.3 is 5.32 Å². The van der Waals surface area contributed by atoms with Crippen LogP contribution in [0.4, 0.5) is 5.82 Å². The Morgan fingerprint density at radius 2 is 2.21 bits per heavy atom. The molecule has 0 aliphatic heterocycles. The number of fused-ring (bicyclic) bond motifs is 1. The van der Waals surface area contributed by atoms with E-state index < -0.39 is 0 Å². The predicted molar refractivity (Wildman–Crippen MR) is 55.7 cm³/mol. The Hall–Kier alpha value is -1.84. The van der Waals surface area contributed by atoms with E-state index in [1.54, 1.807) is 20.2 Å². The molecule has 0 aromatic carbocycles.